The number of benzene rings is 3. The number of rotatable bonds is 8. The molecule has 1 heterocycles. The lowest BCUT2D eigenvalue weighted by atomic mass is 10.2. The number of piperazine rings is 1. The van der Waals surface area contributed by atoms with Crippen LogP contribution in [0, 0.1) is 11.6 Å². The molecule has 39 heavy (non-hydrogen) atoms. The van der Waals surface area contributed by atoms with E-state index in [-0.39, 0.29) is 30.4 Å². The molecular formula is C29H29F2N5O3. The molecule has 0 radical (unpaired) electrons. The van der Waals surface area contributed by atoms with Gasteiger partial charge in [0.05, 0.1) is 5.69 Å². The quantitative estimate of drug-likeness (QED) is 0.415. The fourth-order valence-electron chi connectivity index (χ4n) is 4.23. The number of urea groups is 1. The van der Waals surface area contributed by atoms with Gasteiger partial charge in [0.15, 0.2) is 0 Å². The van der Waals surface area contributed by atoms with Crippen LogP contribution in [-0.2, 0) is 4.79 Å². The van der Waals surface area contributed by atoms with Gasteiger partial charge in [-0.2, -0.15) is 0 Å². The summed E-state index contributed by atoms with van der Waals surface area (Å²) in [5.74, 6) is -1.88. The molecule has 1 aliphatic heterocycles. The van der Waals surface area contributed by atoms with Gasteiger partial charge >= 0.3 is 6.03 Å². The van der Waals surface area contributed by atoms with Crippen molar-refractivity contribution in [3.63, 3.8) is 0 Å². The van der Waals surface area contributed by atoms with Crippen molar-refractivity contribution in [3.8, 4) is 0 Å². The molecule has 3 aromatic rings. The van der Waals surface area contributed by atoms with Crippen LogP contribution in [0.5, 0.6) is 0 Å². The topological polar surface area (TPSA) is 85.0 Å². The highest BCUT2D eigenvalue weighted by Crippen LogP contribution is 2.21. The first-order valence-corrected chi connectivity index (χ1v) is 12.4. The smallest absolute Gasteiger partial charge is 0.322 e. The Kier molecular flexibility index (Phi) is 8.88. The highest BCUT2D eigenvalue weighted by Gasteiger charge is 2.22. The van der Waals surface area contributed by atoms with E-state index in [4.69, 9.17) is 0 Å². The van der Waals surface area contributed by atoms with Crippen LogP contribution < -0.4 is 15.5 Å². The summed E-state index contributed by atoms with van der Waals surface area (Å²) in [6.45, 7) is 5.66. The second kappa shape index (κ2) is 12.7. The third-order valence-corrected chi connectivity index (χ3v) is 6.24. The molecule has 1 saturated heterocycles. The Morgan fingerprint density at radius 2 is 1.62 bits per heavy atom. The van der Waals surface area contributed by atoms with E-state index >= 15 is 0 Å². The molecule has 0 bridgehead atoms. The van der Waals surface area contributed by atoms with Crippen molar-refractivity contribution >= 4 is 34.9 Å². The number of carbonyl (C=O) groups excluding carboxylic acids is 3. The van der Waals surface area contributed by atoms with E-state index in [1.165, 1.54) is 41.3 Å². The zero-order valence-electron chi connectivity index (χ0n) is 21.3. The molecular weight excluding hydrogens is 504 g/mol. The van der Waals surface area contributed by atoms with E-state index in [0.29, 0.717) is 31.9 Å². The van der Waals surface area contributed by atoms with Gasteiger partial charge in [0.1, 0.15) is 18.2 Å². The number of hydrogen-bond donors (Lipinski definition) is 2. The summed E-state index contributed by atoms with van der Waals surface area (Å²) < 4.78 is 27.4. The number of para-hydroxylation sites is 1. The predicted octanol–water partition coefficient (Wildman–Crippen LogP) is 4.59. The first kappa shape index (κ1) is 27.3. The third-order valence-electron chi connectivity index (χ3n) is 6.24. The summed E-state index contributed by atoms with van der Waals surface area (Å²) in [7, 11) is 0. The first-order chi connectivity index (χ1) is 18.8. The average Bonchev–Trinajstić information content (AvgIpc) is 2.94. The second-order valence-corrected chi connectivity index (χ2v) is 8.96. The maximum atomic E-state index is 13.8. The van der Waals surface area contributed by atoms with E-state index in [0.717, 1.165) is 11.8 Å². The Hall–Kier alpha value is -4.73. The van der Waals surface area contributed by atoms with Crippen molar-refractivity contribution in [3.05, 3.63) is 103 Å². The molecule has 202 valence electrons. The predicted molar refractivity (Wildman–Crippen MR) is 147 cm³/mol. The second-order valence-electron chi connectivity index (χ2n) is 8.96. The van der Waals surface area contributed by atoms with Gasteiger partial charge in [0, 0.05) is 49.7 Å². The first-order valence-electron chi connectivity index (χ1n) is 12.4. The van der Waals surface area contributed by atoms with Crippen molar-refractivity contribution in [2.24, 2.45) is 0 Å². The summed E-state index contributed by atoms with van der Waals surface area (Å²) >= 11 is 0. The van der Waals surface area contributed by atoms with Crippen LogP contribution in [0.25, 0.3) is 0 Å². The molecule has 10 heteroatoms. The number of carbonyl (C=O) groups is 3. The molecule has 0 atom stereocenters. The van der Waals surface area contributed by atoms with E-state index < -0.39 is 23.4 Å². The maximum absolute atomic E-state index is 13.8. The minimum absolute atomic E-state index is 0.131. The lowest BCUT2D eigenvalue weighted by Crippen LogP contribution is -2.50. The van der Waals surface area contributed by atoms with Gasteiger partial charge in [0.2, 0.25) is 5.91 Å². The maximum Gasteiger partial charge on any atom is 0.322 e. The highest BCUT2D eigenvalue weighted by atomic mass is 19.1. The van der Waals surface area contributed by atoms with Gasteiger partial charge in [-0.05, 0) is 54.6 Å². The zero-order valence-corrected chi connectivity index (χ0v) is 21.3. The van der Waals surface area contributed by atoms with Gasteiger partial charge < -0.3 is 25.3 Å². The SMILES string of the molecule is C=CCN(CC(=O)Nc1ccc(N2CCN(C(=O)Nc3ccccc3F)CC2)cc1)C(=O)c1cccc(F)c1. The Balaban J connectivity index is 1.28. The van der Waals surface area contributed by atoms with Crippen LogP contribution in [0.1, 0.15) is 10.4 Å². The molecule has 1 fully saturated rings. The number of hydrogen-bond acceptors (Lipinski definition) is 4. The molecule has 3 aromatic carbocycles. The Labute approximate surface area is 225 Å². The van der Waals surface area contributed by atoms with Gasteiger partial charge in [-0.15, -0.1) is 6.58 Å². The summed E-state index contributed by atoms with van der Waals surface area (Å²) in [6, 6.07) is 18.2. The van der Waals surface area contributed by atoms with E-state index in [9.17, 15) is 23.2 Å². The minimum Gasteiger partial charge on any atom is -0.368 e. The fraction of sp³-hybridized carbons (Fsp3) is 0.207. The van der Waals surface area contributed by atoms with Crippen LogP contribution in [0.15, 0.2) is 85.5 Å². The number of anilines is 3. The van der Waals surface area contributed by atoms with Crippen LogP contribution in [0.2, 0.25) is 0 Å². The lowest BCUT2D eigenvalue weighted by Gasteiger charge is -2.36. The van der Waals surface area contributed by atoms with Crippen molar-refractivity contribution in [1.29, 1.82) is 0 Å². The van der Waals surface area contributed by atoms with Crippen LogP contribution in [-0.4, -0.2) is 66.9 Å². The average molecular weight is 534 g/mol. The van der Waals surface area contributed by atoms with Gasteiger partial charge in [0.25, 0.3) is 5.91 Å². The van der Waals surface area contributed by atoms with E-state index in [1.807, 2.05) is 12.1 Å². The van der Waals surface area contributed by atoms with Gasteiger partial charge in [-0.1, -0.05) is 24.3 Å². The zero-order chi connectivity index (χ0) is 27.8. The standard InChI is InChI=1S/C29H29F2N5O3/c1-2-14-36(28(38)21-6-5-7-22(30)19-21)20-27(37)32-23-10-12-24(13-11-23)34-15-17-35(18-16-34)29(39)33-26-9-4-3-8-25(26)31/h2-13,19H,1,14-18,20H2,(H,32,37)(H,33,39). The number of amides is 4. The van der Waals surface area contributed by atoms with Gasteiger partial charge in [-0.25, -0.2) is 13.6 Å². The van der Waals surface area contributed by atoms with Crippen molar-refractivity contribution < 1.29 is 23.2 Å². The lowest BCUT2D eigenvalue weighted by molar-refractivity contribution is -0.116. The van der Waals surface area contributed by atoms with Gasteiger partial charge in [-0.3, -0.25) is 9.59 Å². The highest BCUT2D eigenvalue weighted by molar-refractivity contribution is 5.99. The molecule has 1 aliphatic rings. The molecule has 4 rings (SSSR count). The third kappa shape index (κ3) is 7.19. The minimum atomic E-state index is -0.531. The number of nitrogens with one attached hydrogen (secondary N) is 2. The molecule has 0 aromatic heterocycles. The normalized spacial score (nSPS) is 13.0. The molecule has 2 N–H and O–H groups in total. The number of halogens is 2. The molecule has 8 nitrogen and oxygen atoms in total. The number of nitrogens with zero attached hydrogens (tertiary/aromatic N) is 3. The molecule has 0 aliphatic carbocycles. The Morgan fingerprint density at radius 1 is 0.897 bits per heavy atom. The largest absolute Gasteiger partial charge is 0.368 e. The van der Waals surface area contributed by atoms with Crippen molar-refractivity contribution in [1.82, 2.24) is 9.80 Å². The summed E-state index contributed by atoms with van der Waals surface area (Å²) in [6.07, 6.45) is 1.50. The van der Waals surface area contributed by atoms with Crippen molar-refractivity contribution in [2.45, 2.75) is 0 Å². The molecule has 0 unspecified atom stereocenters. The molecule has 0 saturated carbocycles. The van der Waals surface area contributed by atoms with Crippen LogP contribution in [0.4, 0.5) is 30.6 Å². The summed E-state index contributed by atoms with van der Waals surface area (Å²) in [5.41, 5.74) is 1.78. The van der Waals surface area contributed by atoms with Crippen LogP contribution >= 0.6 is 0 Å². The Bertz CT molecular complexity index is 1340. The Morgan fingerprint density at radius 3 is 2.28 bits per heavy atom. The fourth-order valence-corrected chi connectivity index (χ4v) is 4.23. The summed E-state index contributed by atoms with van der Waals surface area (Å²) in [5, 5.41) is 5.38. The van der Waals surface area contributed by atoms with E-state index in [2.05, 4.69) is 22.1 Å². The molecule has 0 spiro atoms. The summed E-state index contributed by atoms with van der Waals surface area (Å²) in [4.78, 5) is 42.9. The monoisotopic (exact) mass is 533 g/mol. The van der Waals surface area contributed by atoms with E-state index in [1.54, 1.807) is 29.2 Å². The van der Waals surface area contributed by atoms with Crippen LogP contribution in [0.3, 0.4) is 0 Å². The molecule has 4 amide bonds. The van der Waals surface area contributed by atoms with Crippen molar-refractivity contribution in [2.75, 3.05) is 54.8 Å².